The lowest BCUT2D eigenvalue weighted by atomic mass is 10.1. The summed E-state index contributed by atoms with van der Waals surface area (Å²) in [5.41, 5.74) is 1.95. The topological polar surface area (TPSA) is 62.2 Å². The van der Waals surface area contributed by atoms with Crippen molar-refractivity contribution in [2.45, 2.75) is 0 Å². The number of benzene rings is 2. The summed E-state index contributed by atoms with van der Waals surface area (Å²) < 4.78 is 10.6. The number of carbonyl (C=O) groups excluding carboxylic acids is 1. The van der Waals surface area contributed by atoms with Gasteiger partial charge >= 0.3 is 0 Å². The zero-order valence-corrected chi connectivity index (χ0v) is 15.9. The van der Waals surface area contributed by atoms with Crippen LogP contribution in [0.15, 0.2) is 54.2 Å². The molecular weight excluding hydrogens is 364 g/mol. The molecule has 3 rings (SSSR count). The zero-order valence-electron chi connectivity index (χ0n) is 15.1. The van der Waals surface area contributed by atoms with Gasteiger partial charge in [-0.2, -0.15) is 0 Å². The fraction of sp³-hybridized carbons (Fsp3) is 0.200. The number of nitrogens with zero attached hydrogens (tertiary/aromatic N) is 2. The van der Waals surface area contributed by atoms with Gasteiger partial charge in [0.25, 0.3) is 5.91 Å². The molecule has 0 saturated carbocycles. The van der Waals surface area contributed by atoms with Crippen LogP contribution in [0.4, 0.5) is 5.69 Å². The summed E-state index contributed by atoms with van der Waals surface area (Å²) in [5.74, 6) is 1.13. The maximum atomic E-state index is 13.0. The molecule has 7 heteroatoms. The molecule has 1 fully saturated rings. The van der Waals surface area contributed by atoms with Gasteiger partial charge in [-0.15, -0.1) is 0 Å². The molecule has 1 saturated heterocycles. The zero-order chi connectivity index (χ0) is 19.4. The molecule has 0 bridgehead atoms. The van der Waals surface area contributed by atoms with Crippen molar-refractivity contribution in [3.05, 3.63) is 59.8 Å². The van der Waals surface area contributed by atoms with Gasteiger partial charge in [0, 0.05) is 7.05 Å². The van der Waals surface area contributed by atoms with Gasteiger partial charge in [-0.25, -0.2) is 0 Å². The average molecular weight is 384 g/mol. The lowest BCUT2D eigenvalue weighted by Crippen LogP contribution is -2.31. The van der Waals surface area contributed by atoms with Gasteiger partial charge in [0.2, 0.25) is 0 Å². The first kappa shape index (κ1) is 18.9. The van der Waals surface area contributed by atoms with Crippen molar-refractivity contribution in [2.24, 2.45) is 0 Å². The van der Waals surface area contributed by atoms with Crippen molar-refractivity contribution in [1.29, 1.82) is 0 Å². The second kappa shape index (κ2) is 8.20. The SMILES string of the molecule is COc1ccc(N2C(=O)C(=Cc3cccc(OCCO)c3)N(C)C2=S)cc1. The summed E-state index contributed by atoms with van der Waals surface area (Å²) in [6.07, 6.45) is 1.77. The Labute approximate surface area is 163 Å². The second-order valence-electron chi connectivity index (χ2n) is 5.85. The molecule has 1 aliphatic rings. The van der Waals surface area contributed by atoms with Crippen LogP contribution in [0, 0.1) is 0 Å². The molecule has 0 radical (unpaired) electrons. The van der Waals surface area contributed by atoms with E-state index < -0.39 is 0 Å². The second-order valence-corrected chi connectivity index (χ2v) is 6.22. The molecular formula is C20H20N2O4S. The quantitative estimate of drug-likeness (QED) is 0.610. The van der Waals surface area contributed by atoms with Gasteiger partial charge in [-0.05, 0) is 60.3 Å². The molecule has 1 heterocycles. The molecule has 140 valence electrons. The lowest BCUT2D eigenvalue weighted by molar-refractivity contribution is -0.114. The first-order valence-electron chi connectivity index (χ1n) is 8.36. The third-order valence-electron chi connectivity index (χ3n) is 4.11. The Balaban J connectivity index is 1.89. The molecule has 0 spiro atoms. The largest absolute Gasteiger partial charge is 0.497 e. The highest BCUT2D eigenvalue weighted by Crippen LogP contribution is 2.29. The third-order valence-corrected chi connectivity index (χ3v) is 4.57. The highest BCUT2D eigenvalue weighted by atomic mass is 32.1. The van der Waals surface area contributed by atoms with E-state index in [1.54, 1.807) is 55.5 Å². The van der Waals surface area contributed by atoms with Crippen LogP contribution in [0.1, 0.15) is 5.56 Å². The third kappa shape index (κ3) is 3.94. The van der Waals surface area contributed by atoms with E-state index in [-0.39, 0.29) is 19.1 Å². The van der Waals surface area contributed by atoms with E-state index in [9.17, 15) is 4.79 Å². The number of hydrogen-bond acceptors (Lipinski definition) is 5. The minimum atomic E-state index is -0.200. The summed E-state index contributed by atoms with van der Waals surface area (Å²) in [6.45, 7) is 0.159. The van der Waals surface area contributed by atoms with E-state index in [0.29, 0.717) is 28.0 Å². The molecule has 1 N–H and O–H groups in total. The molecule has 0 aromatic heterocycles. The lowest BCUT2D eigenvalue weighted by Gasteiger charge is -2.16. The van der Waals surface area contributed by atoms with Crippen LogP contribution >= 0.6 is 12.2 Å². The number of aliphatic hydroxyl groups excluding tert-OH is 1. The summed E-state index contributed by atoms with van der Waals surface area (Å²) in [6, 6.07) is 14.5. The number of thiocarbonyl (C=S) groups is 1. The molecule has 2 aromatic rings. The summed E-state index contributed by atoms with van der Waals surface area (Å²) in [4.78, 5) is 16.2. The molecule has 0 atom stereocenters. The van der Waals surface area contributed by atoms with Crippen LogP contribution in [0.25, 0.3) is 6.08 Å². The van der Waals surface area contributed by atoms with Crippen molar-refractivity contribution in [3.8, 4) is 11.5 Å². The monoisotopic (exact) mass is 384 g/mol. The van der Waals surface area contributed by atoms with Gasteiger partial charge in [-0.3, -0.25) is 9.69 Å². The molecule has 0 aliphatic carbocycles. The predicted octanol–water partition coefficient (Wildman–Crippen LogP) is 2.67. The molecule has 1 amide bonds. The standard InChI is InChI=1S/C20H20N2O4S/c1-21-18(13-14-4-3-5-17(12-14)26-11-10-23)19(24)22(20(21)27)15-6-8-16(25-2)9-7-15/h3-9,12-13,23H,10-11H2,1-2H3. The van der Waals surface area contributed by atoms with Crippen LogP contribution < -0.4 is 14.4 Å². The van der Waals surface area contributed by atoms with Crippen LogP contribution in [0.5, 0.6) is 11.5 Å². The smallest absolute Gasteiger partial charge is 0.281 e. The van der Waals surface area contributed by atoms with Crippen LogP contribution in [0.3, 0.4) is 0 Å². The van der Waals surface area contributed by atoms with E-state index in [4.69, 9.17) is 26.8 Å². The Kier molecular flexibility index (Phi) is 5.73. The molecule has 1 aliphatic heterocycles. The Morgan fingerprint density at radius 2 is 1.89 bits per heavy atom. The first-order chi connectivity index (χ1) is 13.0. The molecule has 2 aromatic carbocycles. The fourth-order valence-electron chi connectivity index (χ4n) is 2.73. The number of ether oxygens (including phenoxy) is 2. The van der Waals surface area contributed by atoms with E-state index in [1.807, 2.05) is 18.2 Å². The summed E-state index contributed by atoms with van der Waals surface area (Å²) >= 11 is 5.47. The average Bonchev–Trinajstić information content (AvgIpc) is 2.90. The molecule has 6 nitrogen and oxygen atoms in total. The Morgan fingerprint density at radius 1 is 1.15 bits per heavy atom. The number of amides is 1. The Hall–Kier alpha value is -2.90. The van der Waals surface area contributed by atoms with E-state index in [1.165, 1.54) is 4.90 Å². The minimum absolute atomic E-state index is 0.0579. The number of carbonyl (C=O) groups is 1. The van der Waals surface area contributed by atoms with Crippen molar-refractivity contribution in [3.63, 3.8) is 0 Å². The van der Waals surface area contributed by atoms with E-state index >= 15 is 0 Å². The number of rotatable bonds is 6. The molecule has 0 unspecified atom stereocenters. The van der Waals surface area contributed by atoms with Crippen molar-refractivity contribution in [1.82, 2.24) is 4.90 Å². The van der Waals surface area contributed by atoms with Crippen molar-refractivity contribution >= 4 is 35.0 Å². The number of anilines is 1. The predicted molar refractivity (Wildman–Crippen MR) is 108 cm³/mol. The van der Waals surface area contributed by atoms with Gasteiger partial charge in [-0.1, -0.05) is 12.1 Å². The highest BCUT2D eigenvalue weighted by Gasteiger charge is 2.36. The summed E-state index contributed by atoms with van der Waals surface area (Å²) in [7, 11) is 3.36. The van der Waals surface area contributed by atoms with Crippen LogP contribution in [0.2, 0.25) is 0 Å². The van der Waals surface area contributed by atoms with Gasteiger partial charge < -0.3 is 19.5 Å². The normalized spacial score (nSPS) is 15.6. The van der Waals surface area contributed by atoms with Crippen LogP contribution in [-0.2, 0) is 4.79 Å². The Bertz CT molecular complexity index is 880. The minimum Gasteiger partial charge on any atom is -0.497 e. The maximum absolute atomic E-state index is 13.0. The van der Waals surface area contributed by atoms with Gasteiger partial charge in [0.1, 0.15) is 23.8 Å². The molecule has 27 heavy (non-hydrogen) atoms. The van der Waals surface area contributed by atoms with E-state index in [0.717, 1.165) is 5.56 Å². The van der Waals surface area contributed by atoms with Crippen LogP contribution in [-0.4, -0.2) is 48.4 Å². The van der Waals surface area contributed by atoms with Crippen molar-refractivity contribution in [2.75, 3.05) is 32.3 Å². The van der Waals surface area contributed by atoms with E-state index in [2.05, 4.69) is 0 Å². The number of hydrogen-bond donors (Lipinski definition) is 1. The number of aliphatic hydroxyl groups is 1. The van der Waals surface area contributed by atoms with Crippen molar-refractivity contribution < 1.29 is 19.4 Å². The fourth-order valence-corrected chi connectivity index (χ4v) is 3.02. The maximum Gasteiger partial charge on any atom is 0.281 e. The number of likely N-dealkylation sites (N-methyl/N-ethyl adjacent to an activating group) is 1. The highest BCUT2D eigenvalue weighted by molar-refractivity contribution is 7.80. The summed E-state index contributed by atoms with van der Waals surface area (Å²) in [5, 5.41) is 9.29. The van der Waals surface area contributed by atoms with Gasteiger partial charge in [0.05, 0.1) is 19.4 Å². The number of methoxy groups -OCH3 is 1. The first-order valence-corrected chi connectivity index (χ1v) is 8.77. The van der Waals surface area contributed by atoms with Gasteiger partial charge in [0.15, 0.2) is 5.11 Å². The Morgan fingerprint density at radius 3 is 2.56 bits per heavy atom.